The molecule has 0 radical (unpaired) electrons. The average Bonchev–Trinajstić information content (AvgIpc) is 3.17. The number of benzene rings is 1. The van der Waals surface area contributed by atoms with Crippen molar-refractivity contribution < 1.29 is 17.2 Å². The average molecular weight is 321 g/mol. The number of thiophene rings is 1. The number of carbonyl (C=O) groups excluding carboxylic acids is 1. The van der Waals surface area contributed by atoms with Crippen molar-refractivity contribution in [3.8, 4) is 0 Å². The van der Waals surface area contributed by atoms with Crippen molar-refractivity contribution in [1.82, 2.24) is 4.90 Å². The van der Waals surface area contributed by atoms with Crippen molar-refractivity contribution in [2.45, 2.75) is 18.8 Å². The minimum atomic E-state index is 0. The van der Waals surface area contributed by atoms with Gasteiger partial charge in [0, 0.05) is 19.5 Å². The van der Waals surface area contributed by atoms with Gasteiger partial charge in [0.25, 0.3) is 0 Å². The first kappa shape index (κ1) is 16.2. The standard InChI is InChI=1S/C17H19NOS.ClH/c19-16(17-7-4-12-20-17)9-11-18-10-8-15(13-18)14-5-2-1-3-6-14;/h1-7,12,15H,8-11,13H2;1H/p-1. The second kappa shape index (κ2) is 7.74. The zero-order chi connectivity index (χ0) is 13.8. The molecule has 1 unspecified atom stereocenters. The molecule has 1 fully saturated rings. The van der Waals surface area contributed by atoms with Crippen LogP contribution in [-0.4, -0.2) is 30.3 Å². The Balaban J connectivity index is 0.00000161. The van der Waals surface area contributed by atoms with Gasteiger partial charge in [0.1, 0.15) is 0 Å². The number of nitrogens with zero attached hydrogens (tertiary/aromatic N) is 1. The molecule has 0 spiro atoms. The number of ketones is 1. The summed E-state index contributed by atoms with van der Waals surface area (Å²) in [6.45, 7) is 3.08. The molecule has 0 N–H and O–H groups in total. The number of hydrogen-bond donors (Lipinski definition) is 0. The third-order valence-corrected chi connectivity index (χ3v) is 4.91. The van der Waals surface area contributed by atoms with Crippen LogP contribution in [-0.2, 0) is 0 Å². The van der Waals surface area contributed by atoms with Gasteiger partial charge in [0.2, 0.25) is 0 Å². The first-order chi connectivity index (χ1) is 9.83. The lowest BCUT2D eigenvalue weighted by molar-refractivity contribution is -0.0000120. The maximum Gasteiger partial charge on any atom is 0.174 e. The molecule has 0 aliphatic carbocycles. The molecule has 0 saturated carbocycles. The molecule has 112 valence electrons. The van der Waals surface area contributed by atoms with Crippen molar-refractivity contribution in [3.63, 3.8) is 0 Å². The lowest BCUT2D eigenvalue weighted by Gasteiger charge is -2.15. The van der Waals surface area contributed by atoms with Gasteiger partial charge >= 0.3 is 0 Å². The summed E-state index contributed by atoms with van der Waals surface area (Å²) >= 11 is 1.54. The van der Waals surface area contributed by atoms with Crippen LogP contribution in [0.1, 0.15) is 34.0 Å². The van der Waals surface area contributed by atoms with Gasteiger partial charge in [-0.25, -0.2) is 0 Å². The Morgan fingerprint density at radius 3 is 2.71 bits per heavy atom. The van der Waals surface area contributed by atoms with Crippen LogP contribution in [0.2, 0.25) is 0 Å². The number of halogens is 1. The van der Waals surface area contributed by atoms with Gasteiger partial charge in [-0.2, -0.15) is 0 Å². The van der Waals surface area contributed by atoms with E-state index in [1.165, 1.54) is 12.0 Å². The molecule has 1 saturated heterocycles. The fourth-order valence-corrected chi connectivity index (χ4v) is 3.55. The predicted molar refractivity (Wildman–Crippen MR) is 83.5 cm³/mol. The van der Waals surface area contributed by atoms with Gasteiger partial charge in [0.15, 0.2) is 5.78 Å². The molecule has 1 aromatic heterocycles. The SMILES string of the molecule is O=C(CCN1CCC(c2ccccc2)C1)c1cccs1.[Cl-]. The molecule has 21 heavy (non-hydrogen) atoms. The number of Topliss-reactive ketones (excluding diaryl/α,β-unsaturated/α-hetero) is 1. The van der Waals surface area contributed by atoms with Gasteiger partial charge in [-0.1, -0.05) is 36.4 Å². The Morgan fingerprint density at radius 1 is 1.19 bits per heavy atom. The molecule has 4 heteroatoms. The van der Waals surface area contributed by atoms with Gasteiger partial charge in [0.05, 0.1) is 4.88 Å². The number of hydrogen-bond acceptors (Lipinski definition) is 3. The fraction of sp³-hybridized carbons (Fsp3) is 0.353. The minimum Gasteiger partial charge on any atom is -1.00 e. The van der Waals surface area contributed by atoms with E-state index in [0.29, 0.717) is 12.3 Å². The molecule has 2 nitrogen and oxygen atoms in total. The molecule has 0 amide bonds. The second-order valence-corrected chi connectivity index (χ2v) is 6.30. The third kappa shape index (κ3) is 4.16. The van der Waals surface area contributed by atoms with E-state index in [2.05, 4.69) is 35.2 Å². The number of carbonyl (C=O) groups is 1. The highest BCUT2D eigenvalue weighted by Crippen LogP contribution is 2.27. The van der Waals surface area contributed by atoms with Crippen molar-refractivity contribution in [1.29, 1.82) is 0 Å². The maximum atomic E-state index is 12.0. The minimum absolute atomic E-state index is 0. The summed E-state index contributed by atoms with van der Waals surface area (Å²) in [6, 6.07) is 14.6. The van der Waals surface area contributed by atoms with E-state index in [4.69, 9.17) is 0 Å². The van der Waals surface area contributed by atoms with Crippen LogP contribution in [0.5, 0.6) is 0 Å². The molecule has 2 aromatic rings. The van der Waals surface area contributed by atoms with Crippen LogP contribution in [0.25, 0.3) is 0 Å². The fourth-order valence-electron chi connectivity index (χ4n) is 2.85. The molecule has 1 aliphatic heterocycles. The Morgan fingerprint density at radius 2 is 2.00 bits per heavy atom. The second-order valence-electron chi connectivity index (χ2n) is 5.35. The zero-order valence-corrected chi connectivity index (χ0v) is 13.4. The van der Waals surface area contributed by atoms with Crippen molar-refractivity contribution >= 4 is 17.1 Å². The maximum absolute atomic E-state index is 12.0. The Hall–Kier alpha value is -1.16. The van der Waals surface area contributed by atoms with E-state index in [1.807, 2.05) is 17.5 Å². The topological polar surface area (TPSA) is 20.3 Å². The van der Waals surface area contributed by atoms with Crippen LogP contribution < -0.4 is 12.4 Å². The Bertz CT molecular complexity index is 555. The zero-order valence-electron chi connectivity index (χ0n) is 11.9. The lowest BCUT2D eigenvalue weighted by Crippen LogP contribution is -3.00. The highest BCUT2D eigenvalue weighted by molar-refractivity contribution is 7.12. The monoisotopic (exact) mass is 320 g/mol. The molecule has 0 bridgehead atoms. The van der Waals surface area contributed by atoms with E-state index in [-0.39, 0.29) is 18.2 Å². The number of rotatable bonds is 5. The molecule has 3 rings (SSSR count). The summed E-state index contributed by atoms with van der Waals surface area (Å²) in [5.41, 5.74) is 1.43. The van der Waals surface area contributed by atoms with Crippen LogP contribution in [0, 0.1) is 0 Å². The Labute approximate surface area is 136 Å². The molecule has 1 atom stereocenters. The third-order valence-electron chi connectivity index (χ3n) is 3.99. The summed E-state index contributed by atoms with van der Waals surface area (Å²) in [5.74, 6) is 0.913. The summed E-state index contributed by atoms with van der Waals surface area (Å²) < 4.78 is 0. The molecular formula is C17H19ClNOS-. The lowest BCUT2D eigenvalue weighted by atomic mass is 9.99. The van der Waals surface area contributed by atoms with E-state index < -0.39 is 0 Å². The van der Waals surface area contributed by atoms with Crippen LogP contribution in [0.15, 0.2) is 47.8 Å². The summed E-state index contributed by atoms with van der Waals surface area (Å²) in [5, 5.41) is 1.97. The van der Waals surface area contributed by atoms with Crippen molar-refractivity contribution in [2.75, 3.05) is 19.6 Å². The normalized spacial score (nSPS) is 18.4. The summed E-state index contributed by atoms with van der Waals surface area (Å²) in [6.07, 6.45) is 1.85. The van der Waals surface area contributed by atoms with E-state index in [9.17, 15) is 4.79 Å². The molecule has 1 aliphatic rings. The molecular weight excluding hydrogens is 302 g/mol. The highest BCUT2D eigenvalue weighted by atomic mass is 35.5. The Kier molecular flexibility index (Phi) is 5.97. The molecule has 1 aromatic carbocycles. The van der Waals surface area contributed by atoms with E-state index in [0.717, 1.165) is 24.5 Å². The van der Waals surface area contributed by atoms with Crippen LogP contribution in [0.4, 0.5) is 0 Å². The predicted octanol–water partition coefficient (Wildman–Crippen LogP) is 0.814. The van der Waals surface area contributed by atoms with E-state index in [1.54, 1.807) is 11.3 Å². The van der Waals surface area contributed by atoms with Crippen molar-refractivity contribution in [2.24, 2.45) is 0 Å². The quantitative estimate of drug-likeness (QED) is 0.760. The van der Waals surface area contributed by atoms with Crippen LogP contribution in [0.3, 0.4) is 0 Å². The first-order valence-corrected chi connectivity index (χ1v) is 8.05. The van der Waals surface area contributed by atoms with Gasteiger partial charge in [-0.3, -0.25) is 4.79 Å². The highest BCUT2D eigenvalue weighted by Gasteiger charge is 2.23. The summed E-state index contributed by atoms with van der Waals surface area (Å²) in [7, 11) is 0. The van der Waals surface area contributed by atoms with Gasteiger partial charge < -0.3 is 17.3 Å². The van der Waals surface area contributed by atoms with Gasteiger partial charge in [-0.05, 0) is 35.9 Å². The van der Waals surface area contributed by atoms with Crippen LogP contribution >= 0.6 is 11.3 Å². The smallest absolute Gasteiger partial charge is 0.174 e. The number of likely N-dealkylation sites (tertiary alicyclic amines) is 1. The van der Waals surface area contributed by atoms with E-state index >= 15 is 0 Å². The largest absolute Gasteiger partial charge is 1.00 e. The summed E-state index contributed by atoms with van der Waals surface area (Å²) in [4.78, 5) is 15.3. The molecule has 2 heterocycles. The van der Waals surface area contributed by atoms with Gasteiger partial charge in [-0.15, -0.1) is 11.3 Å². The van der Waals surface area contributed by atoms with Crippen molar-refractivity contribution in [3.05, 3.63) is 58.3 Å². The first-order valence-electron chi connectivity index (χ1n) is 7.17.